The van der Waals surface area contributed by atoms with E-state index in [4.69, 9.17) is 4.74 Å². The van der Waals surface area contributed by atoms with Crippen molar-refractivity contribution in [3.8, 4) is 0 Å². The van der Waals surface area contributed by atoms with Crippen molar-refractivity contribution in [2.75, 3.05) is 0 Å². The number of hydrogen-bond acceptors (Lipinski definition) is 3. The van der Waals surface area contributed by atoms with Gasteiger partial charge in [0.05, 0.1) is 11.5 Å². The summed E-state index contributed by atoms with van der Waals surface area (Å²) in [4.78, 5) is 10.0. The molecule has 0 amide bonds. The van der Waals surface area contributed by atoms with Gasteiger partial charge in [0.15, 0.2) is 0 Å². The highest BCUT2D eigenvalue weighted by atomic mass is 79.9. The molecule has 1 unspecified atom stereocenters. The Morgan fingerprint density at radius 3 is 2.38 bits per heavy atom. The molecule has 0 aliphatic rings. The summed E-state index contributed by atoms with van der Waals surface area (Å²) in [5, 5.41) is 10.4. The SMILES string of the molecule is CC(C)C(Br)OCc1ccc([N+](=O)[O-])cc1. The lowest BCUT2D eigenvalue weighted by Gasteiger charge is -2.14. The van der Waals surface area contributed by atoms with Crippen LogP contribution in [0.1, 0.15) is 19.4 Å². The van der Waals surface area contributed by atoms with Crippen molar-refractivity contribution in [2.45, 2.75) is 25.5 Å². The molecule has 1 aromatic rings. The zero-order valence-corrected chi connectivity index (χ0v) is 10.8. The molecule has 0 saturated heterocycles. The maximum Gasteiger partial charge on any atom is 0.269 e. The molecule has 0 bridgehead atoms. The Morgan fingerprint density at radius 1 is 1.38 bits per heavy atom. The van der Waals surface area contributed by atoms with E-state index in [1.54, 1.807) is 12.1 Å². The summed E-state index contributed by atoms with van der Waals surface area (Å²) in [6, 6.07) is 6.38. The van der Waals surface area contributed by atoms with Gasteiger partial charge in [-0.1, -0.05) is 29.8 Å². The van der Waals surface area contributed by atoms with Gasteiger partial charge in [-0.2, -0.15) is 0 Å². The van der Waals surface area contributed by atoms with E-state index in [9.17, 15) is 10.1 Å². The van der Waals surface area contributed by atoms with Crippen LogP contribution in [0.25, 0.3) is 0 Å². The van der Waals surface area contributed by atoms with Crippen LogP contribution < -0.4 is 0 Å². The number of nitro groups is 1. The van der Waals surface area contributed by atoms with E-state index in [-0.39, 0.29) is 10.7 Å². The number of halogens is 1. The molecule has 1 aromatic carbocycles. The van der Waals surface area contributed by atoms with Crippen LogP contribution in [-0.4, -0.2) is 9.94 Å². The van der Waals surface area contributed by atoms with Crippen molar-refractivity contribution in [3.63, 3.8) is 0 Å². The Labute approximate surface area is 103 Å². The zero-order chi connectivity index (χ0) is 12.1. The van der Waals surface area contributed by atoms with Gasteiger partial charge in [-0.05, 0) is 23.6 Å². The van der Waals surface area contributed by atoms with Crippen LogP contribution in [0.5, 0.6) is 0 Å². The van der Waals surface area contributed by atoms with E-state index in [2.05, 4.69) is 29.8 Å². The molecule has 0 heterocycles. The lowest BCUT2D eigenvalue weighted by Crippen LogP contribution is -2.11. The third kappa shape index (κ3) is 3.90. The molecule has 88 valence electrons. The maximum atomic E-state index is 10.4. The van der Waals surface area contributed by atoms with Crippen molar-refractivity contribution in [3.05, 3.63) is 39.9 Å². The summed E-state index contributed by atoms with van der Waals surface area (Å²) in [5.41, 5.74) is 1.03. The van der Waals surface area contributed by atoms with Gasteiger partial charge in [0.25, 0.3) is 5.69 Å². The molecular formula is C11H14BrNO3. The second kappa shape index (κ2) is 5.96. The summed E-state index contributed by atoms with van der Waals surface area (Å²) in [7, 11) is 0. The summed E-state index contributed by atoms with van der Waals surface area (Å²) in [5.74, 6) is 0.387. The van der Waals surface area contributed by atoms with Crippen molar-refractivity contribution in [2.24, 2.45) is 5.92 Å². The molecule has 0 fully saturated rings. The third-order valence-electron chi connectivity index (χ3n) is 2.08. The summed E-state index contributed by atoms with van der Waals surface area (Å²) in [6.45, 7) is 4.55. The first-order chi connectivity index (χ1) is 7.50. The Kier molecular flexibility index (Phi) is 4.89. The number of hydrogen-bond donors (Lipinski definition) is 0. The molecule has 0 saturated carbocycles. The number of nitrogens with zero attached hydrogens (tertiary/aromatic N) is 1. The van der Waals surface area contributed by atoms with Gasteiger partial charge in [0, 0.05) is 12.1 Å². The molecule has 1 rings (SSSR count). The third-order valence-corrected chi connectivity index (χ3v) is 3.40. The fourth-order valence-electron chi connectivity index (χ4n) is 1.08. The topological polar surface area (TPSA) is 52.4 Å². The van der Waals surface area contributed by atoms with Crippen LogP contribution in [0.15, 0.2) is 24.3 Å². The molecule has 4 nitrogen and oxygen atoms in total. The van der Waals surface area contributed by atoms with Crippen molar-refractivity contribution in [1.82, 2.24) is 0 Å². The van der Waals surface area contributed by atoms with Crippen LogP contribution in [0.2, 0.25) is 0 Å². The van der Waals surface area contributed by atoms with Gasteiger partial charge < -0.3 is 4.74 Å². The van der Waals surface area contributed by atoms with Gasteiger partial charge in [-0.3, -0.25) is 10.1 Å². The average molecular weight is 288 g/mol. The highest BCUT2D eigenvalue weighted by molar-refractivity contribution is 9.09. The lowest BCUT2D eigenvalue weighted by molar-refractivity contribution is -0.384. The lowest BCUT2D eigenvalue weighted by atomic mass is 10.2. The van der Waals surface area contributed by atoms with E-state index in [1.807, 2.05) is 0 Å². The standard InChI is InChI=1S/C11H14BrNO3/c1-8(2)11(12)16-7-9-3-5-10(6-4-9)13(14)15/h3-6,8,11H,7H2,1-2H3. The minimum Gasteiger partial charge on any atom is -0.362 e. The molecule has 16 heavy (non-hydrogen) atoms. The summed E-state index contributed by atoms with van der Waals surface area (Å²) < 4.78 is 5.54. The monoisotopic (exact) mass is 287 g/mol. The fourth-order valence-corrected chi connectivity index (χ4v) is 1.21. The van der Waals surface area contributed by atoms with Gasteiger partial charge in [0.1, 0.15) is 5.01 Å². The molecule has 5 heteroatoms. The second-order valence-electron chi connectivity index (χ2n) is 3.83. The van der Waals surface area contributed by atoms with E-state index in [1.165, 1.54) is 12.1 Å². The van der Waals surface area contributed by atoms with Crippen LogP contribution in [0.4, 0.5) is 5.69 Å². The van der Waals surface area contributed by atoms with Crippen LogP contribution in [0, 0.1) is 16.0 Å². The first kappa shape index (κ1) is 13.1. The van der Waals surface area contributed by atoms with Gasteiger partial charge >= 0.3 is 0 Å². The van der Waals surface area contributed by atoms with Crippen LogP contribution >= 0.6 is 15.9 Å². The average Bonchev–Trinajstić information content (AvgIpc) is 2.26. The number of rotatable bonds is 5. The first-order valence-corrected chi connectivity index (χ1v) is 5.91. The molecule has 0 N–H and O–H groups in total. The number of ether oxygens (including phenoxy) is 1. The fraction of sp³-hybridized carbons (Fsp3) is 0.455. The van der Waals surface area contributed by atoms with Crippen molar-refractivity contribution < 1.29 is 9.66 Å². The van der Waals surface area contributed by atoms with Crippen LogP contribution in [0.3, 0.4) is 0 Å². The highest BCUT2D eigenvalue weighted by Gasteiger charge is 2.09. The normalized spacial score (nSPS) is 12.8. The predicted octanol–water partition coefficient (Wildman–Crippen LogP) is 3.49. The van der Waals surface area contributed by atoms with Crippen molar-refractivity contribution >= 4 is 21.6 Å². The summed E-state index contributed by atoms with van der Waals surface area (Å²) >= 11 is 3.41. The van der Waals surface area contributed by atoms with Gasteiger partial charge in [0.2, 0.25) is 0 Å². The quantitative estimate of drug-likeness (QED) is 0.473. The Bertz CT molecular complexity index is 351. The highest BCUT2D eigenvalue weighted by Crippen LogP contribution is 2.17. The van der Waals surface area contributed by atoms with Crippen molar-refractivity contribution in [1.29, 1.82) is 0 Å². The van der Waals surface area contributed by atoms with E-state index in [0.29, 0.717) is 12.5 Å². The minimum absolute atomic E-state index is 0.00249. The molecule has 0 aromatic heterocycles. The van der Waals surface area contributed by atoms with Gasteiger partial charge in [-0.15, -0.1) is 0 Å². The summed E-state index contributed by atoms with van der Waals surface area (Å²) in [6.07, 6.45) is 0. The smallest absolute Gasteiger partial charge is 0.269 e. The predicted molar refractivity (Wildman–Crippen MR) is 65.4 cm³/mol. The van der Waals surface area contributed by atoms with Crippen LogP contribution in [-0.2, 0) is 11.3 Å². The van der Waals surface area contributed by atoms with E-state index in [0.717, 1.165) is 5.56 Å². The Morgan fingerprint density at radius 2 is 1.94 bits per heavy atom. The number of nitro benzene ring substituents is 1. The largest absolute Gasteiger partial charge is 0.362 e. The Balaban J connectivity index is 2.53. The number of alkyl halides is 1. The molecule has 0 aliphatic heterocycles. The Hall–Kier alpha value is -0.940. The second-order valence-corrected chi connectivity index (χ2v) is 4.73. The van der Waals surface area contributed by atoms with E-state index >= 15 is 0 Å². The molecule has 0 spiro atoms. The van der Waals surface area contributed by atoms with E-state index < -0.39 is 4.92 Å². The molecule has 1 atom stereocenters. The maximum absolute atomic E-state index is 10.4. The number of non-ortho nitro benzene ring substituents is 1. The van der Waals surface area contributed by atoms with Gasteiger partial charge in [-0.25, -0.2) is 0 Å². The minimum atomic E-state index is -0.411. The first-order valence-electron chi connectivity index (χ1n) is 4.99. The molecule has 0 aliphatic carbocycles. The zero-order valence-electron chi connectivity index (χ0n) is 9.22. The molecule has 0 radical (unpaired) electrons. The molecular weight excluding hydrogens is 274 g/mol. The number of benzene rings is 1.